The molecule has 0 saturated carbocycles. The predicted molar refractivity (Wildman–Crippen MR) is 104 cm³/mol. The van der Waals surface area contributed by atoms with E-state index in [1.54, 1.807) is 6.07 Å². The molecule has 0 bridgehead atoms. The van der Waals surface area contributed by atoms with Gasteiger partial charge in [-0.1, -0.05) is 13.8 Å². The molecule has 1 saturated heterocycles. The van der Waals surface area contributed by atoms with Crippen LogP contribution in [0.2, 0.25) is 0 Å². The second-order valence-corrected chi connectivity index (χ2v) is 7.06. The number of nitrogens with zero attached hydrogens (tertiary/aromatic N) is 1. The standard InChI is InChI=1S/C19H29N3O2.ClH/c1-13(2)10-18(23)21-17-8-7-15(11-14(17)3)19(24)22-9-5-4-6-16(22)12-20;/h7-8,11,13,16H,4-6,9-10,12,20H2,1-3H3,(H,21,23);1H. The van der Waals surface area contributed by atoms with Crippen molar-refractivity contribution < 1.29 is 9.59 Å². The van der Waals surface area contributed by atoms with E-state index in [-0.39, 0.29) is 30.3 Å². The Hall–Kier alpha value is -1.59. The first kappa shape index (κ1) is 21.5. The van der Waals surface area contributed by atoms with E-state index in [1.807, 2.05) is 37.8 Å². The van der Waals surface area contributed by atoms with E-state index in [0.717, 1.165) is 37.1 Å². The van der Waals surface area contributed by atoms with Gasteiger partial charge < -0.3 is 16.0 Å². The molecule has 2 rings (SSSR count). The molecule has 1 aliphatic heterocycles. The zero-order valence-corrected chi connectivity index (χ0v) is 16.2. The smallest absolute Gasteiger partial charge is 0.254 e. The van der Waals surface area contributed by atoms with Crippen LogP contribution in [0.4, 0.5) is 5.69 Å². The van der Waals surface area contributed by atoms with Gasteiger partial charge in [-0.25, -0.2) is 0 Å². The van der Waals surface area contributed by atoms with E-state index in [0.29, 0.717) is 24.4 Å². The fourth-order valence-corrected chi connectivity index (χ4v) is 3.19. The number of rotatable bonds is 5. The molecule has 5 nitrogen and oxygen atoms in total. The van der Waals surface area contributed by atoms with Crippen LogP contribution in [-0.2, 0) is 4.79 Å². The number of aryl methyl sites for hydroxylation is 1. The number of carbonyl (C=O) groups excluding carboxylic acids is 2. The first-order valence-corrected chi connectivity index (χ1v) is 8.84. The van der Waals surface area contributed by atoms with Crippen molar-refractivity contribution in [3.05, 3.63) is 29.3 Å². The zero-order valence-electron chi connectivity index (χ0n) is 15.4. The molecule has 3 N–H and O–H groups in total. The molecule has 2 amide bonds. The Morgan fingerprint density at radius 1 is 1.32 bits per heavy atom. The third kappa shape index (κ3) is 5.72. The normalized spacial score (nSPS) is 17.2. The molecule has 0 aromatic heterocycles. The second-order valence-electron chi connectivity index (χ2n) is 7.06. The number of likely N-dealkylation sites (tertiary alicyclic amines) is 1. The zero-order chi connectivity index (χ0) is 17.7. The topological polar surface area (TPSA) is 75.4 Å². The maximum atomic E-state index is 12.8. The highest BCUT2D eigenvalue weighted by molar-refractivity contribution is 5.96. The monoisotopic (exact) mass is 367 g/mol. The van der Waals surface area contributed by atoms with Crippen LogP contribution in [0.15, 0.2) is 18.2 Å². The van der Waals surface area contributed by atoms with Gasteiger partial charge in [-0.05, 0) is 55.9 Å². The minimum atomic E-state index is 0. The van der Waals surface area contributed by atoms with Crippen molar-refractivity contribution in [2.75, 3.05) is 18.4 Å². The second kappa shape index (κ2) is 9.78. The molecule has 1 heterocycles. The van der Waals surface area contributed by atoms with Crippen LogP contribution in [0, 0.1) is 12.8 Å². The van der Waals surface area contributed by atoms with E-state index in [1.165, 1.54) is 0 Å². The molecule has 1 unspecified atom stereocenters. The van der Waals surface area contributed by atoms with Gasteiger partial charge in [0.2, 0.25) is 5.91 Å². The summed E-state index contributed by atoms with van der Waals surface area (Å²) in [7, 11) is 0. The van der Waals surface area contributed by atoms with Gasteiger partial charge in [0.15, 0.2) is 0 Å². The molecule has 1 aromatic carbocycles. The lowest BCUT2D eigenvalue weighted by Gasteiger charge is -2.35. The van der Waals surface area contributed by atoms with Gasteiger partial charge in [-0.15, -0.1) is 12.4 Å². The summed E-state index contributed by atoms with van der Waals surface area (Å²) in [5.74, 6) is 0.359. The first-order chi connectivity index (χ1) is 11.4. The summed E-state index contributed by atoms with van der Waals surface area (Å²) >= 11 is 0. The van der Waals surface area contributed by atoms with E-state index < -0.39 is 0 Å². The van der Waals surface area contributed by atoms with Gasteiger partial charge in [0.05, 0.1) is 0 Å². The van der Waals surface area contributed by atoms with Crippen molar-refractivity contribution in [2.45, 2.75) is 52.5 Å². The van der Waals surface area contributed by atoms with E-state index >= 15 is 0 Å². The molecule has 25 heavy (non-hydrogen) atoms. The molecule has 1 aromatic rings. The summed E-state index contributed by atoms with van der Waals surface area (Å²) in [5.41, 5.74) is 8.15. The molecule has 1 fully saturated rings. The summed E-state index contributed by atoms with van der Waals surface area (Å²) < 4.78 is 0. The van der Waals surface area contributed by atoms with Crippen molar-refractivity contribution in [1.82, 2.24) is 4.90 Å². The molecular weight excluding hydrogens is 338 g/mol. The number of hydrogen-bond acceptors (Lipinski definition) is 3. The van der Waals surface area contributed by atoms with Gasteiger partial charge in [-0.2, -0.15) is 0 Å². The molecule has 0 aliphatic carbocycles. The Balaban J connectivity index is 0.00000312. The highest BCUT2D eigenvalue weighted by Crippen LogP contribution is 2.22. The number of amides is 2. The number of nitrogens with one attached hydrogen (secondary N) is 1. The van der Waals surface area contributed by atoms with Gasteiger partial charge in [0.1, 0.15) is 0 Å². The van der Waals surface area contributed by atoms with Crippen LogP contribution < -0.4 is 11.1 Å². The lowest BCUT2D eigenvalue weighted by Crippen LogP contribution is -2.47. The van der Waals surface area contributed by atoms with Crippen molar-refractivity contribution in [3.8, 4) is 0 Å². The summed E-state index contributed by atoms with van der Waals surface area (Å²) in [6.45, 7) is 7.22. The maximum absolute atomic E-state index is 12.8. The third-order valence-corrected chi connectivity index (χ3v) is 4.50. The molecule has 1 aliphatic rings. The Morgan fingerprint density at radius 2 is 2.04 bits per heavy atom. The summed E-state index contributed by atoms with van der Waals surface area (Å²) in [5, 5.41) is 2.92. The molecule has 140 valence electrons. The number of hydrogen-bond donors (Lipinski definition) is 2. The Kier molecular flexibility index (Phi) is 8.39. The summed E-state index contributed by atoms with van der Waals surface area (Å²) in [6, 6.07) is 5.61. The van der Waals surface area contributed by atoms with Crippen LogP contribution >= 0.6 is 12.4 Å². The van der Waals surface area contributed by atoms with Gasteiger partial charge in [0, 0.05) is 36.8 Å². The SMILES string of the molecule is Cc1cc(C(=O)N2CCCCC2CN)ccc1NC(=O)CC(C)C.Cl. The fraction of sp³-hybridized carbons (Fsp3) is 0.579. The average molecular weight is 368 g/mol. The lowest BCUT2D eigenvalue weighted by atomic mass is 10.00. The third-order valence-electron chi connectivity index (χ3n) is 4.50. The van der Waals surface area contributed by atoms with Gasteiger partial charge in [-0.3, -0.25) is 9.59 Å². The van der Waals surface area contributed by atoms with Gasteiger partial charge in [0.25, 0.3) is 5.91 Å². The van der Waals surface area contributed by atoms with Crippen LogP contribution in [0.1, 0.15) is 55.5 Å². The van der Waals surface area contributed by atoms with Gasteiger partial charge >= 0.3 is 0 Å². The molecule has 0 radical (unpaired) electrons. The van der Waals surface area contributed by atoms with Crippen molar-refractivity contribution >= 4 is 29.9 Å². The highest BCUT2D eigenvalue weighted by Gasteiger charge is 2.26. The first-order valence-electron chi connectivity index (χ1n) is 8.84. The highest BCUT2D eigenvalue weighted by atomic mass is 35.5. The number of anilines is 1. The van der Waals surface area contributed by atoms with E-state index in [4.69, 9.17) is 5.73 Å². The predicted octanol–water partition coefficient (Wildman–Crippen LogP) is 3.35. The Bertz CT molecular complexity index is 604. The Morgan fingerprint density at radius 3 is 2.64 bits per heavy atom. The van der Waals surface area contributed by atoms with Crippen LogP contribution in [0.5, 0.6) is 0 Å². The average Bonchev–Trinajstić information content (AvgIpc) is 2.55. The molecule has 0 spiro atoms. The van der Waals surface area contributed by atoms with Crippen molar-refractivity contribution in [1.29, 1.82) is 0 Å². The van der Waals surface area contributed by atoms with Crippen molar-refractivity contribution in [3.63, 3.8) is 0 Å². The molecule has 6 heteroatoms. The fourth-order valence-electron chi connectivity index (χ4n) is 3.19. The number of piperidine rings is 1. The van der Waals surface area contributed by atoms with Crippen molar-refractivity contribution in [2.24, 2.45) is 11.7 Å². The largest absolute Gasteiger partial charge is 0.334 e. The van der Waals surface area contributed by atoms with E-state index in [9.17, 15) is 9.59 Å². The lowest BCUT2D eigenvalue weighted by molar-refractivity contribution is -0.116. The minimum Gasteiger partial charge on any atom is -0.334 e. The molecule has 1 atom stereocenters. The number of carbonyl (C=O) groups is 2. The van der Waals surface area contributed by atoms with E-state index in [2.05, 4.69) is 5.32 Å². The quantitative estimate of drug-likeness (QED) is 0.837. The molecular formula is C19H30ClN3O2. The summed E-state index contributed by atoms with van der Waals surface area (Å²) in [4.78, 5) is 26.6. The maximum Gasteiger partial charge on any atom is 0.254 e. The number of nitrogens with two attached hydrogens (primary N) is 1. The van der Waals surface area contributed by atoms with Crippen LogP contribution in [-0.4, -0.2) is 35.8 Å². The summed E-state index contributed by atoms with van der Waals surface area (Å²) in [6.07, 6.45) is 3.63. The number of halogens is 1. The number of benzene rings is 1. The van der Waals surface area contributed by atoms with Crippen LogP contribution in [0.3, 0.4) is 0 Å². The van der Waals surface area contributed by atoms with Crippen LogP contribution in [0.25, 0.3) is 0 Å². The minimum absolute atomic E-state index is 0. The Labute approximate surface area is 156 Å².